The van der Waals surface area contributed by atoms with Crippen LogP contribution in [0.25, 0.3) is 11.1 Å². The van der Waals surface area contributed by atoms with Crippen molar-refractivity contribution in [1.82, 2.24) is 4.31 Å². The van der Waals surface area contributed by atoms with Crippen LogP contribution in [0.1, 0.15) is 15.9 Å². The van der Waals surface area contributed by atoms with Crippen molar-refractivity contribution in [2.75, 3.05) is 36.4 Å². The van der Waals surface area contributed by atoms with Gasteiger partial charge >= 0.3 is 0 Å². The molecule has 4 aromatic carbocycles. The molecule has 5 rings (SSSR count). The minimum absolute atomic E-state index is 0.242. The van der Waals surface area contributed by atoms with E-state index in [2.05, 4.69) is 5.32 Å². The highest BCUT2D eigenvalue weighted by Crippen LogP contribution is 2.35. The number of hydrogen-bond donors (Lipinski definition) is 1. The molecule has 0 radical (unpaired) electrons. The van der Waals surface area contributed by atoms with Gasteiger partial charge < -0.3 is 10.2 Å². The SMILES string of the molecule is Cc1ccc(S(=O)(=O)N2CCN(c3c(Cl)cccc3NC(=O)c3ccc(-c4ccccc4)cc3)CC2)cc1. The van der Waals surface area contributed by atoms with Gasteiger partial charge in [0.1, 0.15) is 0 Å². The highest BCUT2D eigenvalue weighted by atomic mass is 35.5. The lowest BCUT2D eigenvalue weighted by Crippen LogP contribution is -2.49. The monoisotopic (exact) mass is 545 g/mol. The maximum Gasteiger partial charge on any atom is 0.255 e. The molecule has 38 heavy (non-hydrogen) atoms. The van der Waals surface area contributed by atoms with Crippen LogP contribution in [0.15, 0.2) is 102 Å². The van der Waals surface area contributed by atoms with E-state index in [-0.39, 0.29) is 5.91 Å². The Balaban J connectivity index is 1.30. The first-order chi connectivity index (χ1) is 18.3. The molecule has 1 N–H and O–H groups in total. The zero-order valence-electron chi connectivity index (χ0n) is 21.0. The molecule has 1 aliphatic rings. The van der Waals surface area contributed by atoms with Gasteiger partial charge in [-0.2, -0.15) is 4.31 Å². The smallest absolute Gasteiger partial charge is 0.255 e. The number of aryl methyl sites for hydroxylation is 1. The van der Waals surface area contributed by atoms with Crippen molar-refractivity contribution in [3.63, 3.8) is 0 Å². The summed E-state index contributed by atoms with van der Waals surface area (Å²) in [6, 6.07) is 29.7. The summed E-state index contributed by atoms with van der Waals surface area (Å²) < 4.78 is 27.7. The van der Waals surface area contributed by atoms with Gasteiger partial charge in [0, 0.05) is 31.7 Å². The number of sulfonamides is 1. The number of anilines is 2. The fraction of sp³-hybridized carbons (Fsp3) is 0.167. The predicted molar refractivity (Wildman–Crippen MR) is 153 cm³/mol. The van der Waals surface area contributed by atoms with Crippen molar-refractivity contribution < 1.29 is 13.2 Å². The number of piperazine rings is 1. The first-order valence-corrected chi connectivity index (χ1v) is 14.2. The molecule has 0 atom stereocenters. The summed E-state index contributed by atoms with van der Waals surface area (Å²) in [5.74, 6) is -0.242. The van der Waals surface area contributed by atoms with Gasteiger partial charge in [0.15, 0.2) is 0 Å². The van der Waals surface area contributed by atoms with Crippen molar-refractivity contribution in [1.29, 1.82) is 0 Å². The third kappa shape index (κ3) is 5.45. The average Bonchev–Trinajstić information content (AvgIpc) is 2.94. The number of nitrogens with one attached hydrogen (secondary N) is 1. The first-order valence-electron chi connectivity index (χ1n) is 12.4. The molecule has 6 nitrogen and oxygen atoms in total. The molecule has 0 aliphatic carbocycles. The highest BCUT2D eigenvalue weighted by Gasteiger charge is 2.30. The minimum atomic E-state index is -3.58. The number of halogens is 1. The standard InChI is InChI=1S/C30H28ClN3O3S/c1-22-10-16-26(17-11-22)38(36,37)34-20-18-33(19-21-34)29-27(31)8-5-9-28(29)32-30(35)25-14-12-24(13-15-25)23-6-3-2-4-7-23/h2-17H,18-21H2,1H3,(H,32,35). The van der Waals surface area contributed by atoms with Gasteiger partial charge in [-0.15, -0.1) is 0 Å². The lowest BCUT2D eigenvalue weighted by atomic mass is 10.0. The fourth-order valence-electron chi connectivity index (χ4n) is 4.59. The van der Waals surface area contributed by atoms with E-state index < -0.39 is 10.0 Å². The Morgan fingerprint density at radius 1 is 0.763 bits per heavy atom. The van der Waals surface area contributed by atoms with Crippen molar-refractivity contribution >= 4 is 38.9 Å². The van der Waals surface area contributed by atoms with Gasteiger partial charge in [-0.1, -0.05) is 77.8 Å². The molecule has 4 aromatic rings. The number of amides is 1. The maximum atomic E-state index is 13.1. The fourth-order valence-corrected chi connectivity index (χ4v) is 6.30. The Morgan fingerprint density at radius 2 is 1.39 bits per heavy atom. The Hall–Kier alpha value is -3.65. The summed E-state index contributed by atoms with van der Waals surface area (Å²) in [6.45, 7) is 3.45. The van der Waals surface area contributed by atoms with E-state index in [1.165, 1.54) is 4.31 Å². The molecule has 0 bridgehead atoms. The number of carbonyl (C=O) groups excluding carboxylic acids is 1. The normalized spacial score (nSPS) is 14.3. The van der Waals surface area contributed by atoms with E-state index in [0.29, 0.717) is 53.0 Å². The molecule has 0 spiro atoms. The largest absolute Gasteiger partial charge is 0.366 e. The molecule has 0 unspecified atom stereocenters. The van der Waals surface area contributed by atoms with Crippen LogP contribution in [0.2, 0.25) is 5.02 Å². The van der Waals surface area contributed by atoms with Crippen molar-refractivity contribution in [3.05, 3.63) is 113 Å². The van der Waals surface area contributed by atoms with Gasteiger partial charge in [0.05, 0.1) is 21.3 Å². The average molecular weight is 546 g/mol. The second kappa shape index (κ2) is 11.0. The van der Waals surface area contributed by atoms with E-state index in [1.54, 1.807) is 48.5 Å². The lowest BCUT2D eigenvalue weighted by molar-refractivity contribution is 0.102. The third-order valence-corrected chi connectivity index (χ3v) is 8.92. The van der Waals surface area contributed by atoms with Gasteiger partial charge in [-0.25, -0.2) is 8.42 Å². The van der Waals surface area contributed by atoms with E-state index in [9.17, 15) is 13.2 Å². The Kier molecular flexibility index (Phi) is 7.51. The molecule has 1 aliphatic heterocycles. The highest BCUT2D eigenvalue weighted by molar-refractivity contribution is 7.89. The van der Waals surface area contributed by atoms with Crippen LogP contribution < -0.4 is 10.2 Å². The molecule has 1 saturated heterocycles. The number of nitrogens with zero attached hydrogens (tertiary/aromatic N) is 2. The Morgan fingerprint density at radius 3 is 2.05 bits per heavy atom. The Labute approximate surface area is 228 Å². The van der Waals surface area contributed by atoms with Crippen LogP contribution in [0.3, 0.4) is 0 Å². The molecule has 0 saturated carbocycles. The first kappa shape index (κ1) is 26.0. The van der Waals surface area contributed by atoms with Crippen LogP contribution in [0.5, 0.6) is 0 Å². The molecule has 8 heteroatoms. The van der Waals surface area contributed by atoms with Crippen LogP contribution >= 0.6 is 11.6 Å². The van der Waals surface area contributed by atoms with Crippen LogP contribution in [0, 0.1) is 6.92 Å². The molecule has 1 fully saturated rings. The zero-order valence-corrected chi connectivity index (χ0v) is 22.5. The molecular weight excluding hydrogens is 518 g/mol. The summed E-state index contributed by atoms with van der Waals surface area (Å²) in [6.07, 6.45) is 0. The van der Waals surface area contributed by atoms with Gasteiger partial charge in [-0.05, 0) is 54.4 Å². The quantitative estimate of drug-likeness (QED) is 0.319. The third-order valence-electron chi connectivity index (χ3n) is 6.70. The summed E-state index contributed by atoms with van der Waals surface area (Å²) >= 11 is 6.59. The second-order valence-electron chi connectivity index (χ2n) is 9.24. The van der Waals surface area contributed by atoms with E-state index in [0.717, 1.165) is 16.7 Å². The number of benzene rings is 4. The molecule has 194 valence electrons. The van der Waals surface area contributed by atoms with E-state index in [1.807, 2.05) is 60.4 Å². The van der Waals surface area contributed by atoms with Crippen molar-refractivity contribution in [2.24, 2.45) is 0 Å². The maximum absolute atomic E-state index is 13.1. The molecule has 1 amide bonds. The molecule has 0 aromatic heterocycles. The number of hydrogen-bond acceptors (Lipinski definition) is 4. The summed E-state index contributed by atoms with van der Waals surface area (Å²) in [5, 5.41) is 3.50. The van der Waals surface area contributed by atoms with E-state index >= 15 is 0 Å². The Bertz CT molecular complexity index is 1530. The molecular formula is C30H28ClN3O3S. The van der Waals surface area contributed by atoms with Gasteiger partial charge in [-0.3, -0.25) is 4.79 Å². The van der Waals surface area contributed by atoms with Gasteiger partial charge in [0.2, 0.25) is 10.0 Å². The topological polar surface area (TPSA) is 69.7 Å². The van der Waals surface area contributed by atoms with Crippen molar-refractivity contribution in [3.8, 4) is 11.1 Å². The summed E-state index contributed by atoms with van der Waals surface area (Å²) in [7, 11) is -3.58. The predicted octanol–water partition coefficient (Wildman–Crippen LogP) is 6.08. The van der Waals surface area contributed by atoms with Crippen LogP contribution in [-0.4, -0.2) is 44.8 Å². The van der Waals surface area contributed by atoms with E-state index in [4.69, 9.17) is 11.6 Å². The number of carbonyl (C=O) groups is 1. The lowest BCUT2D eigenvalue weighted by Gasteiger charge is -2.36. The number of rotatable bonds is 6. The molecule has 1 heterocycles. The van der Waals surface area contributed by atoms with Crippen LogP contribution in [0.4, 0.5) is 11.4 Å². The van der Waals surface area contributed by atoms with Crippen LogP contribution in [-0.2, 0) is 10.0 Å². The summed E-state index contributed by atoms with van der Waals surface area (Å²) in [5.41, 5.74) is 4.93. The number of para-hydroxylation sites is 1. The zero-order chi connectivity index (χ0) is 26.7. The second-order valence-corrected chi connectivity index (χ2v) is 11.6. The van der Waals surface area contributed by atoms with Crippen molar-refractivity contribution in [2.45, 2.75) is 11.8 Å². The summed E-state index contributed by atoms with van der Waals surface area (Å²) in [4.78, 5) is 15.4. The van der Waals surface area contributed by atoms with Gasteiger partial charge in [0.25, 0.3) is 5.91 Å². The minimum Gasteiger partial charge on any atom is -0.366 e.